The van der Waals surface area contributed by atoms with Gasteiger partial charge in [-0.25, -0.2) is 4.98 Å². The summed E-state index contributed by atoms with van der Waals surface area (Å²) in [5.41, 5.74) is 1.07. The smallest absolute Gasteiger partial charge is 0.299 e. The van der Waals surface area contributed by atoms with Crippen LogP contribution >= 0.6 is 0 Å². The van der Waals surface area contributed by atoms with Crippen LogP contribution in [0, 0.1) is 18.3 Å². The summed E-state index contributed by atoms with van der Waals surface area (Å²) in [6.07, 6.45) is 0. The summed E-state index contributed by atoms with van der Waals surface area (Å²) >= 11 is 0. The molecule has 0 aliphatic heterocycles. The molecule has 0 atom stereocenters. The lowest BCUT2D eigenvalue weighted by Crippen LogP contribution is -2.26. The molecule has 6 nitrogen and oxygen atoms in total. The molecule has 0 amide bonds. The second-order valence-electron chi connectivity index (χ2n) is 4.42. The van der Waals surface area contributed by atoms with E-state index >= 15 is 0 Å². The molecule has 0 spiro atoms. The standard InChI is InChI=1S/C15H13N3O3/c1-10-7-14(20)18(15(17-10)21-2)9-13(19)12-5-3-11(8-16)4-6-12/h3-7H,9H2,1-2H3. The Morgan fingerprint density at radius 2 is 2.05 bits per heavy atom. The van der Waals surface area contributed by atoms with Crippen LogP contribution < -0.4 is 10.3 Å². The Labute approximate surface area is 121 Å². The third-order valence-electron chi connectivity index (χ3n) is 2.92. The SMILES string of the molecule is COc1nc(C)cc(=O)n1CC(=O)c1ccc(C#N)cc1. The van der Waals surface area contributed by atoms with Crippen LogP contribution in [-0.2, 0) is 6.54 Å². The maximum atomic E-state index is 12.2. The number of aromatic nitrogens is 2. The summed E-state index contributed by atoms with van der Waals surface area (Å²) in [5, 5.41) is 8.73. The molecule has 1 aromatic carbocycles. The molecule has 0 bridgehead atoms. The molecule has 0 saturated carbocycles. The van der Waals surface area contributed by atoms with Crippen molar-refractivity contribution < 1.29 is 9.53 Å². The van der Waals surface area contributed by atoms with E-state index in [1.54, 1.807) is 31.2 Å². The molecule has 0 saturated heterocycles. The number of nitriles is 1. The number of carbonyl (C=O) groups is 1. The Bertz CT molecular complexity index is 770. The second kappa shape index (κ2) is 6.01. The van der Waals surface area contributed by atoms with Crippen LogP contribution in [-0.4, -0.2) is 22.4 Å². The highest BCUT2D eigenvalue weighted by molar-refractivity contribution is 5.96. The summed E-state index contributed by atoms with van der Waals surface area (Å²) < 4.78 is 6.21. The maximum Gasteiger partial charge on any atom is 0.299 e. The van der Waals surface area contributed by atoms with Gasteiger partial charge in [-0.3, -0.25) is 14.2 Å². The molecule has 0 aliphatic rings. The van der Waals surface area contributed by atoms with Crippen LogP contribution in [0.1, 0.15) is 21.6 Å². The summed E-state index contributed by atoms with van der Waals surface area (Å²) in [5.74, 6) is -0.259. The number of carbonyl (C=O) groups excluding carboxylic acids is 1. The van der Waals surface area contributed by atoms with E-state index in [2.05, 4.69) is 4.98 Å². The zero-order chi connectivity index (χ0) is 15.4. The van der Waals surface area contributed by atoms with E-state index in [1.165, 1.54) is 17.7 Å². The Morgan fingerprint density at radius 1 is 1.38 bits per heavy atom. The second-order valence-corrected chi connectivity index (χ2v) is 4.42. The molecule has 0 N–H and O–H groups in total. The number of ketones is 1. The van der Waals surface area contributed by atoms with Gasteiger partial charge in [0.25, 0.3) is 11.6 Å². The van der Waals surface area contributed by atoms with Gasteiger partial charge < -0.3 is 4.74 Å². The predicted molar refractivity (Wildman–Crippen MR) is 75.3 cm³/mol. The molecular formula is C15H13N3O3. The molecule has 0 radical (unpaired) electrons. The number of rotatable bonds is 4. The van der Waals surface area contributed by atoms with Gasteiger partial charge in [0.2, 0.25) is 0 Å². The lowest BCUT2D eigenvalue weighted by molar-refractivity contribution is 0.0966. The van der Waals surface area contributed by atoms with Crippen molar-refractivity contribution in [3.8, 4) is 12.1 Å². The first-order chi connectivity index (χ1) is 10.0. The molecule has 106 valence electrons. The molecule has 1 aromatic heterocycles. The largest absolute Gasteiger partial charge is 0.468 e. The van der Waals surface area contributed by atoms with E-state index in [0.717, 1.165) is 0 Å². The number of methoxy groups -OCH3 is 1. The van der Waals surface area contributed by atoms with Gasteiger partial charge in [-0.05, 0) is 19.1 Å². The number of aryl methyl sites for hydroxylation is 1. The lowest BCUT2D eigenvalue weighted by atomic mass is 10.1. The van der Waals surface area contributed by atoms with Crippen molar-refractivity contribution in [2.45, 2.75) is 13.5 Å². The molecule has 0 unspecified atom stereocenters. The van der Waals surface area contributed by atoms with Crippen molar-refractivity contribution in [3.63, 3.8) is 0 Å². The van der Waals surface area contributed by atoms with Crippen LogP contribution in [0.2, 0.25) is 0 Å². The van der Waals surface area contributed by atoms with Gasteiger partial charge >= 0.3 is 0 Å². The zero-order valence-corrected chi connectivity index (χ0v) is 11.7. The first-order valence-corrected chi connectivity index (χ1v) is 6.21. The van der Waals surface area contributed by atoms with Crippen LogP contribution in [0.3, 0.4) is 0 Å². The van der Waals surface area contributed by atoms with Crippen molar-refractivity contribution in [2.75, 3.05) is 7.11 Å². The Morgan fingerprint density at radius 3 is 2.62 bits per heavy atom. The van der Waals surface area contributed by atoms with Crippen molar-refractivity contribution >= 4 is 5.78 Å². The van der Waals surface area contributed by atoms with Crippen molar-refractivity contribution in [1.29, 1.82) is 5.26 Å². The topological polar surface area (TPSA) is 85.0 Å². The highest BCUT2D eigenvalue weighted by Crippen LogP contribution is 2.09. The number of ether oxygens (including phenoxy) is 1. The fourth-order valence-electron chi connectivity index (χ4n) is 1.86. The molecule has 0 aliphatic carbocycles. The van der Waals surface area contributed by atoms with Gasteiger partial charge in [0.05, 0.1) is 25.3 Å². The quantitative estimate of drug-likeness (QED) is 0.790. The monoisotopic (exact) mass is 283 g/mol. The molecule has 0 fully saturated rings. The number of hydrogen-bond donors (Lipinski definition) is 0. The van der Waals surface area contributed by atoms with E-state index < -0.39 is 0 Å². The Balaban J connectivity index is 2.31. The molecule has 6 heteroatoms. The molecule has 21 heavy (non-hydrogen) atoms. The number of nitrogens with zero attached hydrogens (tertiary/aromatic N) is 3. The fourth-order valence-corrected chi connectivity index (χ4v) is 1.86. The summed E-state index contributed by atoms with van der Waals surface area (Å²) in [6.45, 7) is 1.51. The number of benzene rings is 1. The average Bonchev–Trinajstić information content (AvgIpc) is 2.49. The molecule has 2 rings (SSSR count). The highest BCUT2D eigenvalue weighted by atomic mass is 16.5. The maximum absolute atomic E-state index is 12.2. The van der Waals surface area contributed by atoms with E-state index in [9.17, 15) is 9.59 Å². The van der Waals surface area contributed by atoms with E-state index in [1.807, 2.05) is 6.07 Å². The van der Waals surface area contributed by atoms with Crippen LogP contribution in [0.5, 0.6) is 6.01 Å². The van der Waals surface area contributed by atoms with E-state index in [4.69, 9.17) is 10.00 Å². The van der Waals surface area contributed by atoms with E-state index in [0.29, 0.717) is 16.8 Å². The van der Waals surface area contributed by atoms with Crippen LogP contribution in [0.4, 0.5) is 0 Å². The first-order valence-electron chi connectivity index (χ1n) is 6.21. The molecule has 1 heterocycles. The van der Waals surface area contributed by atoms with Gasteiger partial charge in [0, 0.05) is 17.3 Å². The van der Waals surface area contributed by atoms with Crippen molar-refractivity contribution in [2.24, 2.45) is 0 Å². The Hall–Kier alpha value is -2.94. The summed E-state index contributed by atoms with van der Waals surface area (Å²) in [6, 6.07) is 9.64. The normalized spacial score (nSPS) is 9.95. The minimum absolute atomic E-state index is 0.0991. The highest BCUT2D eigenvalue weighted by Gasteiger charge is 2.13. The van der Waals surface area contributed by atoms with Gasteiger partial charge in [0.1, 0.15) is 0 Å². The van der Waals surface area contributed by atoms with Gasteiger partial charge in [-0.15, -0.1) is 0 Å². The first kappa shape index (κ1) is 14.5. The summed E-state index contributed by atoms with van der Waals surface area (Å²) in [7, 11) is 1.39. The third kappa shape index (κ3) is 3.15. The van der Waals surface area contributed by atoms with Gasteiger partial charge in [0.15, 0.2) is 5.78 Å². The van der Waals surface area contributed by atoms with Crippen molar-refractivity contribution in [3.05, 3.63) is 57.5 Å². The average molecular weight is 283 g/mol. The Kier molecular flexibility index (Phi) is 4.14. The molecular weight excluding hydrogens is 270 g/mol. The molecule has 2 aromatic rings. The third-order valence-corrected chi connectivity index (χ3v) is 2.92. The van der Waals surface area contributed by atoms with Crippen LogP contribution in [0.25, 0.3) is 0 Å². The number of Topliss-reactive ketones (excluding diaryl/α,β-unsaturated/α-hetero) is 1. The fraction of sp³-hybridized carbons (Fsp3) is 0.200. The predicted octanol–water partition coefficient (Wildman–Crippen LogP) is 1.31. The summed E-state index contributed by atoms with van der Waals surface area (Å²) in [4.78, 5) is 28.2. The van der Waals surface area contributed by atoms with Gasteiger partial charge in [-0.1, -0.05) is 12.1 Å². The zero-order valence-electron chi connectivity index (χ0n) is 11.7. The van der Waals surface area contributed by atoms with Crippen molar-refractivity contribution in [1.82, 2.24) is 9.55 Å². The number of hydrogen-bond acceptors (Lipinski definition) is 5. The van der Waals surface area contributed by atoms with E-state index in [-0.39, 0.29) is 23.9 Å². The van der Waals surface area contributed by atoms with Crippen LogP contribution in [0.15, 0.2) is 35.1 Å². The van der Waals surface area contributed by atoms with Gasteiger partial charge in [-0.2, -0.15) is 5.26 Å². The minimum Gasteiger partial charge on any atom is -0.468 e. The minimum atomic E-state index is -0.346. The lowest BCUT2D eigenvalue weighted by Gasteiger charge is -2.10.